The van der Waals surface area contributed by atoms with Crippen LogP contribution in [0.25, 0.3) is 11.0 Å². The van der Waals surface area contributed by atoms with E-state index in [1.807, 2.05) is 0 Å². The summed E-state index contributed by atoms with van der Waals surface area (Å²) in [6, 6.07) is 0. The van der Waals surface area contributed by atoms with Crippen LogP contribution in [0.3, 0.4) is 0 Å². The van der Waals surface area contributed by atoms with Crippen molar-refractivity contribution in [3.63, 3.8) is 0 Å². The van der Waals surface area contributed by atoms with E-state index in [1.54, 1.807) is 6.20 Å². The zero-order valence-corrected chi connectivity index (χ0v) is 11.0. The van der Waals surface area contributed by atoms with Crippen molar-refractivity contribution in [2.24, 2.45) is 17.7 Å². The molecule has 1 aliphatic carbocycles. The number of fused-ring (bicyclic) bond motifs is 1. The molecule has 2 unspecified atom stereocenters. The van der Waals surface area contributed by atoms with Gasteiger partial charge < -0.3 is 5.32 Å². The second kappa shape index (κ2) is 5.00. The first kappa shape index (κ1) is 12.2. The Kier molecular flexibility index (Phi) is 3.20. The number of nitrogens with zero attached hydrogens (tertiary/aromatic N) is 3. The molecule has 7 heteroatoms. The molecule has 2 aromatic rings. The SMILES string of the molecule is CC1CCC(CNc2nc(NN)nc3[nH]ncc23)C1. The summed E-state index contributed by atoms with van der Waals surface area (Å²) in [7, 11) is 0. The first-order valence-electron chi connectivity index (χ1n) is 6.68. The van der Waals surface area contributed by atoms with E-state index in [-0.39, 0.29) is 0 Å². The molecule has 1 aliphatic rings. The van der Waals surface area contributed by atoms with Crippen LogP contribution in [0.2, 0.25) is 0 Å². The first-order valence-corrected chi connectivity index (χ1v) is 6.68. The Morgan fingerprint density at radius 2 is 2.32 bits per heavy atom. The largest absolute Gasteiger partial charge is 0.369 e. The van der Waals surface area contributed by atoms with Crippen molar-refractivity contribution in [2.75, 3.05) is 17.3 Å². The second-order valence-corrected chi connectivity index (χ2v) is 5.34. The highest BCUT2D eigenvalue weighted by atomic mass is 15.3. The van der Waals surface area contributed by atoms with E-state index < -0.39 is 0 Å². The third kappa shape index (κ3) is 2.46. The molecule has 1 fully saturated rings. The van der Waals surface area contributed by atoms with Gasteiger partial charge in [-0.25, -0.2) is 5.84 Å². The Hall–Kier alpha value is -1.89. The molecule has 0 aromatic carbocycles. The highest BCUT2D eigenvalue weighted by Gasteiger charge is 2.21. The van der Waals surface area contributed by atoms with Crippen molar-refractivity contribution in [1.82, 2.24) is 20.2 Å². The van der Waals surface area contributed by atoms with Gasteiger partial charge in [0.05, 0.1) is 11.6 Å². The summed E-state index contributed by atoms with van der Waals surface area (Å²) in [4.78, 5) is 8.55. The average molecular weight is 261 g/mol. The third-order valence-corrected chi connectivity index (χ3v) is 3.80. The zero-order chi connectivity index (χ0) is 13.2. The quantitative estimate of drug-likeness (QED) is 0.491. The third-order valence-electron chi connectivity index (χ3n) is 3.80. The summed E-state index contributed by atoms with van der Waals surface area (Å²) in [5, 5.41) is 11.1. The van der Waals surface area contributed by atoms with Gasteiger partial charge >= 0.3 is 0 Å². The Bertz CT molecular complexity index is 564. The summed E-state index contributed by atoms with van der Waals surface area (Å²) >= 11 is 0. The highest BCUT2D eigenvalue weighted by molar-refractivity contribution is 5.86. The molecule has 0 amide bonds. The maximum absolute atomic E-state index is 5.38. The molecule has 0 radical (unpaired) electrons. The highest BCUT2D eigenvalue weighted by Crippen LogP contribution is 2.30. The molecule has 0 saturated heterocycles. The minimum atomic E-state index is 0.388. The smallest absolute Gasteiger partial charge is 0.241 e. The van der Waals surface area contributed by atoms with E-state index in [4.69, 9.17) is 5.84 Å². The Labute approximate surface area is 111 Å². The van der Waals surface area contributed by atoms with E-state index in [1.165, 1.54) is 19.3 Å². The number of hydrogen-bond acceptors (Lipinski definition) is 6. The molecule has 2 atom stereocenters. The lowest BCUT2D eigenvalue weighted by Crippen LogP contribution is -2.15. The standard InChI is InChI=1S/C12H19N7/c1-7-2-3-8(4-7)5-14-10-9-6-15-19-11(9)17-12(16-10)18-13/h6-8H,2-5,13H2,1H3,(H3,14,15,16,17,18,19). The lowest BCUT2D eigenvalue weighted by molar-refractivity contribution is 0.537. The maximum Gasteiger partial charge on any atom is 0.241 e. The molecule has 19 heavy (non-hydrogen) atoms. The van der Waals surface area contributed by atoms with Crippen LogP contribution >= 0.6 is 0 Å². The van der Waals surface area contributed by atoms with Crippen LogP contribution in [0.5, 0.6) is 0 Å². The van der Waals surface area contributed by atoms with Crippen LogP contribution in [-0.4, -0.2) is 26.7 Å². The molecule has 1 saturated carbocycles. The van der Waals surface area contributed by atoms with Gasteiger partial charge in [0.15, 0.2) is 5.65 Å². The Morgan fingerprint density at radius 1 is 1.42 bits per heavy atom. The number of nitrogens with two attached hydrogens (primary N) is 1. The van der Waals surface area contributed by atoms with Gasteiger partial charge in [0.25, 0.3) is 0 Å². The number of rotatable bonds is 4. The van der Waals surface area contributed by atoms with Crippen LogP contribution < -0.4 is 16.6 Å². The van der Waals surface area contributed by atoms with Crippen molar-refractivity contribution in [1.29, 1.82) is 0 Å². The van der Waals surface area contributed by atoms with Crippen molar-refractivity contribution < 1.29 is 0 Å². The van der Waals surface area contributed by atoms with Crippen LogP contribution in [0.4, 0.5) is 11.8 Å². The summed E-state index contributed by atoms with van der Waals surface area (Å²) in [6.45, 7) is 3.25. The van der Waals surface area contributed by atoms with Gasteiger partial charge in [-0.3, -0.25) is 10.5 Å². The second-order valence-electron chi connectivity index (χ2n) is 5.34. The first-order chi connectivity index (χ1) is 9.26. The molecule has 2 heterocycles. The Morgan fingerprint density at radius 3 is 3.05 bits per heavy atom. The van der Waals surface area contributed by atoms with Gasteiger partial charge in [-0.15, -0.1) is 0 Å². The molecule has 0 bridgehead atoms. The minimum absolute atomic E-state index is 0.388. The van der Waals surface area contributed by atoms with Crippen LogP contribution in [-0.2, 0) is 0 Å². The number of aromatic amines is 1. The topological polar surface area (TPSA) is 105 Å². The van der Waals surface area contributed by atoms with Crippen LogP contribution in [0.15, 0.2) is 6.20 Å². The lowest BCUT2D eigenvalue weighted by atomic mass is 10.1. The van der Waals surface area contributed by atoms with E-state index in [0.29, 0.717) is 11.6 Å². The van der Waals surface area contributed by atoms with Crippen molar-refractivity contribution in [3.05, 3.63) is 6.20 Å². The monoisotopic (exact) mass is 261 g/mol. The predicted molar refractivity (Wildman–Crippen MR) is 74.5 cm³/mol. The van der Waals surface area contributed by atoms with Crippen molar-refractivity contribution in [2.45, 2.75) is 26.2 Å². The number of hydrazine groups is 1. The molecule has 5 N–H and O–H groups in total. The average Bonchev–Trinajstić information content (AvgIpc) is 3.04. The summed E-state index contributed by atoms with van der Waals surface area (Å²) in [5.41, 5.74) is 3.16. The molecule has 7 nitrogen and oxygen atoms in total. The van der Waals surface area contributed by atoms with Gasteiger partial charge in [-0.2, -0.15) is 15.1 Å². The van der Waals surface area contributed by atoms with E-state index in [9.17, 15) is 0 Å². The van der Waals surface area contributed by atoms with Gasteiger partial charge in [0.1, 0.15) is 5.82 Å². The van der Waals surface area contributed by atoms with E-state index >= 15 is 0 Å². The van der Waals surface area contributed by atoms with Gasteiger partial charge in [0, 0.05) is 6.54 Å². The summed E-state index contributed by atoms with van der Waals surface area (Å²) < 4.78 is 0. The molecule has 2 aromatic heterocycles. The maximum atomic E-state index is 5.38. The molecule has 102 valence electrons. The fourth-order valence-electron chi connectivity index (χ4n) is 2.79. The molecule has 3 rings (SSSR count). The number of H-pyrrole nitrogens is 1. The van der Waals surface area contributed by atoms with Crippen LogP contribution in [0.1, 0.15) is 26.2 Å². The van der Waals surface area contributed by atoms with Gasteiger partial charge in [-0.1, -0.05) is 13.3 Å². The minimum Gasteiger partial charge on any atom is -0.369 e. The molecular weight excluding hydrogens is 242 g/mol. The number of nitrogens with one attached hydrogen (secondary N) is 3. The summed E-state index contributed by atoms with van der Waals surface area (Å²) in [6.07, 6.45) is 5.63. The predicted octanol–water partition coefficient (Wildman–Crippen LogP) is 1.49. The number of aromatic nitrogens is 4. The van der Waals surface area contributed by atoms with Gasteiger partial charge in [-0.05, 0) is 24.7 Å². The normalized spacial score (nSPS) is 22.8. The van der Waals surface area contributed by atoms with Crippen molar-refractivity contribution in [3.8, 4) is 0 Å². The molecule has 0 aliphatic heterocycles. The molecule has 0 spiro atoms. The van der Waals surface area contributed by atoms with E-state index in [0.717, 1.165) is 29.6 Å². The fourth-order valence-corrected chi connectivity index (χ4v) is 2.79. The molecular formula is C12H19N7. The number of hydrogen-bond donors (Lipinski definition) is 4. The Balaban J connectivity index is 1.77. The lowest BCUT2D eigenvalue weighted by Gasteiger charge is -2.12. The number of anilines is 2. The number of nitrogen functional groups attached to an aromatic ring is 1. The van der Waals surface area contributed by atoms with Crippen molar-refractivity contribution >= 4 is 22.8 Å². The van der Waals surface area contributed by atoms with Crippen LogP contribution in [0, 0.1) is 11.8 Å². The van der Waals surface area contributed by atoms with Gasteiger partial charge in [0.2, 0.25) is 5.95 Å². The fraction of sp³-hybridized carbons (Fsp3) is 0.583. The summed E-state index contributed by atoms with van der Waals surface area (Å²) in [5.74, 6) is 8.11. The van der Waals surface area contributed by atoms with E-state index in [2.05, 4.69) is 37.8 Å². The zero-order valence-electron chi connectivity index (χ0n) is 11.0.